The number of rotatable bonds is 4. The number of hydrogen-bond donors (Lipinski definition) is 1. The fourth-order valence-electron chi connectivity index (χ4n) is 2.10. The van der Waals surface area contributed by atoms with Crippen molar-refractivity contribution in [3.63, 3.8) is 0 Å². The molecule has 0 aliphatic rings. The number of hydrogen-bond acceptors (Lipinski definition) is 3. The highest BCUT2D eigenvalue weighted by Crippen LogP contribution is 2.35. The van der Waals surface area contributed by atoms with Crippen LogP contribution in [0.3, 0.4) is 0 Å². The summed E-state index contributed by atoms with van der Waals surface area (Å²) in [6, 6.07) is 6.78. The van der Waals surface area contributed by atoms with Gasteiger partial charge in [0.15, 0.2) is 11.5 Å². The van der Waals surface area contributed by atoms with E-state index in [9.17, 15) is 13.9 Å². The van der Waals surface area contributed by atoms with Crippen molar-refractivity contribution in [2.24, 2.45) is 0 Å². The summed E-state index contributed by atoms with van der Waals surface area (Å²) in [5.41, 5.74) is 0.651. The average Bonchev–Trinajstić information content (AvgIpc) is 2.46. The molecule has 0 saturated heterocycles. The maximum Gasteiger partial charge on any atom is 0.163 e. The van der Waals surface area contributed by atoms with Crippen molar-refractivity contribution < 1.29 is 23.4 Å². The molecule has 0 heterocycles. The minimum absolute atomic E-state index is 0.00622. The standard InChI is InChI=1S/C16H16F2O3/c1-9-4-5-10(12(17)6-9)16(19)11-7-14(20-2)15(21-3)8-13(11)18/h4-8,16,19H,1-3H3. The molecular formula is C16H16F2O3. The number of aliphatic hydroxyl groups excluding tert-OH is 1. The van der Waals surface area contributed by atoms with E-state index in [-0.39, 0.29) is 22.6 Å². The summed E-state index contributed by atoms with van der Waals surface area (Å²) in [7, 11) is 2.78. The Balaban J connectivity index is 2.50. The Kier molecular flexibility index (Phi) is 4.43. The molecule has 0 saturated carbocycles. The average molecular weight is 294 g/mol. The predicted molar refractivity (Wildman–Crippen MR) is 74.7 cm³/mol. The lowest BCUT2D eigenvalue weighted by Gasteiger charge is -2.16. The third-order valence-corrected chi connectivity index (χ3v) is 3.25. The normalized spacial score (nSPS) is 12.1. The first kappa shape index (κ1) is 15.3. The van der Waals surface area contributed by atoms with Gasteiger partial charge in [-0.1, -0.05) is 12.1 Å². The van der Waals surface area contributed by atoms with Crippen LogP contribution in [0.2, 0.25) is 0 Å². The van der Waals surface area contributed by atoms with Crippen LogP contribution >= 0.6 is 0 Å². The van der Waals surface area contributed by atoms with E-state index >= 15 is 0 Å². The Labute approximate surface area is 121 Å². The molecule has 21 heavy (non-hydrogen) atoms. The van der Waals surface area contributed by atoms with Crippen molar-refractivity contribution in [2.45, 2.75) is 13.0 Å². The zero-order valence-corrected chi connectivity index (χ0v) is 12.0. The molecule has 5 heteroatoms. The molecule has 1 N–H and O–H groups in total. The first-order valence-corrected chi connectivity index (χ1v) is 6.33. The van der Waals surface area contributed by atoms with Crippen LogP contribution < -0.4 is 9.47 Å². The maximum atomic E-state index is 14.1. The molecule has 2 aromatic rings. The lowest BCUT2D eigenvalue weighted by molar-refractivity contribution is 0.208. The molecule has 0 amide bonds. The van der Waals surface area contributed by atoms with Crippen LogP contribution in [0.5, 0.6) is 11.5 Å². The van der Waals surface area contributed by atoms with Crippen molar-refractivity contribution in [1.82, 2.24) is 0 Å². The number of aliphatic hydroxyl groups is 1. The number of aryl methyl sites for hydroxylation is 1. The van der Waals surface area contributed by atoms with E-state index in [2.05, 4.69) is 0 Å². The Morgan fingerprint density at radius 1 is 0.905 bits per heavy atom. The van der Waals surface area contributed by atoms with Crippen molar-refractivity contribution in [3.05, 3.63) is 58.7 Å². The summed E-state index contributed by atoms with van der Waals surface area (Å²) < 4.78 is 38.0. The smallest absolute Gasteiger partial charge is 0.163 e. The Bertz CT molecular complexity index is 656. The van der Waals surface area contributed by atoms with Crippen LogP contribution in [0, 0.1) is 18.6 Å². The van der Waals surface area contributed by atoms with Gasteiger partial charge in [0.05, 0.1) is 14.2 Å². The molecule has 1 unspecified atom stereocenters. The van der Waals surface area contributed by atoms with Crippen molar-refractivity contribution in [1.29, 1.82) is 0 Å². The molecule has 3 nitrogen and oxygen atoms in total. The molecule has 0 aliphatic heterocycles. The molecule has 0 spiro atoms. The van der Waals surface area contributed by atoms with Gasteiger partial charge in [-0.05, 0) is 24.6 Å². The van der Waals surface area contributed by atoms with Crippen LogP contribution in [0.4, 0.5) is 8.78 Å². The second-order valence-corrected chi connectivity index (χ2v) is 4.66. The minimum atomic E-state index is -1.43. The zero-order valence-electron chi connectivity index (χ0n) is 12.0. The third kappa shape index (κ3) is 2.97. The Morgan fingerprint density at radius 2 is 1.48 bits per heavy atom. The van der Waals surface area contributed by atoms with Crippen LogP contribution in [0.1, 0.15) is 22.8 Å². The molecule has 0 bridgehead atoms. The molecule has 112 valence electrons. The van der Waals surface area contributed by atoms with Crippen LogP contribution in [0.15, 0.2) is 30.3 Å². The lowest BCUT2D eigenvalue weighted by atomic mass is 9.99. The topological polar surface area (TPSA) is 38.7 Å². The Hall–Kier alpha value is -2.14. The van der Waals surface area contributed by atoms with Crippen molar-refractivity contribution >= 4 is 0 Å². The molecule has 0 aliphatic carbocycles. The van der Waals surface area contributed by atoms with Gasteiger partial charge in [-0.2, -0.15) is 0 Å². The summed E-state index contributed by atoms with van der Waals surface area (Å²) in [6.45, 7) is 1.73. The summed E-state index contributed by atoms with van der Waals surface area (Å²) >= 11 is 0. The molecule has 2 rings (SSSR count). The molecule has 0 aromatic heterocycles. The first-order chi connectivity index (χ1) is 9.97. The molecule has 0 fully saturated rings. The van der Waals surface area contributed by atoms with Gasteiger partial charge >= 0.3 is 0 Å². The van der Waals surface area contributed by atoms with Gasteiger partial charge in [-0.3, -0.25) is 0 Å². The van der Waals surface area contributed by atoms with Gasteiger partial charge in [0.2, 0.25) is 0 Å². The highest BCUT2D eigenvalue weighted by Gasteiger charge is 2.21. The zero-order chi connectivity index (χ0) is 15.6. The second-order valence-electron chi connectivity index (χ2n) is 4.66. The van der Waals surface area contributed by atoms with E-state index in [4.69, 9.17) is 9.47 Å². The van der Waals surface area contributed by atoms with E-state index in [0.717, 1.165) is 11.6 Å². The summed E-state index contributed by atoms with van der Waals surface area (Å²) in [5, 5.41) is 10.3. The predicted octanol–water partition coefficient (Wildman–Crippen LogP) is 3.37. The van der Waals surface area contributed by atoms with Gasteiger partial charge in [0.25, 0.3) is 0 Å². The number of benzene rings is 2. The van der Waals surface area contributed by atoms with E-state index in [1.165, 1.54) is 32.4 Å². The minimum Gasteiger partial charge on any atom is -0.493 e. The van der Waals surface area contributed by atoms with Crippen molar-refractivity contribution in [3.8, 4) is 11.5 Å². The van der Waals surface area contributed by atoms with E-state index < -0.39 is 17.7 Å². The van der Waals surface area contributed by atoms with Gasteiger partial charge in [0, 0.05) is 17.2 Å². The van der Waals surface area contributed by atoms with Crippen molar-refractivity contribution in [2.75, 3.05) is 14.2 Å². The first-order valence-electron chi connectivity index (χ1n) is 6.33. The number of ether oxygens (including phenoxy) is 2. The van der Waals surface area contributed by atoms with Gasteiger partial charge in [-0.15, -0.1) is 0 Å². The highest BCUT2D eigenvalue weighted by molar-refractivity contribution is 5.46. The monoisotopic (exact) mass is 294 g/mol. The molecule has 1 atom stereocenters. The van der Waals surface area contributed by atoms with Gasteiger partial charge in [0.1, 0.15) is 17.7 Å². The summed E-state index contributed by atoms with van der Waals surface area (Å²) in [6.07, 6.45) is -1.43. The lowest BCUT2D eigenvalue weighted by Crippen LogP contribution is -2.06. The van der Waals surface area contributed by atoms with E-state index in [0.29, 0.717) is 0 Å². The van der Waals surface area contributed by atoms with Gasteiger partial charge in [-0.25, -0.2) is 8.78 Å². The summed E-state index contributed by atoms with van der Waals surface area (Å²) in [4.78, 5) is 0. The molecule has 0 radical (unpaired) electrons. The largest absolute Gasteiger partial charge is 0.493 e. The molecular weight excluding hydrogens is 278 g/mol. The number of methoxy groups -OCH3 is 2. The third-order valence-electron chi connectivity index (χ3n) is 3.25. The highest BCUT2D eigenvalue weighted by atomic mass is 19.1. The quantitative estimate of drug-likeness (QED) is 0.939. The van der Waals surface area contributed by atoms with Crippen LogP contribution in [-0.4, -0.2) is 19.3 Å². The van der Waals surface area contributed by atoms with E-state index in [1.54, 1.807) is 13.0 Å². The van der Waals surface area contributed by atoms with Gasteiger partial charge < -0.3 is 14.6 Å². The fraction of sp³-hybridized carbons (Fsp3) is 0.250. The maximum absolute atomic E-state index is 14.1. The van der Waals surface area contributed by atoms with E-state index in [1.807, 2.05) is 0 Å². The Morgan fingerprint density at radius 3 is 2.05 bits per heavy atom. The summed E-state index contributed by atoms with van der Waals surface area (Å²) in [5.74, 6) is -0.812. The fourth-order valence-corrected chi connectivity index (χ4v) is 2.10. The van der Waals surface area contributed by atoms with Crippen LogP contribution in [-0.2, 0) is 0 Å². The number of halogens is 2. The van der Waals surface area contributed by atoms with Crippen LogP contribution in [0.25, 0.3) is 0 Å². The SMILES string of the molecule is COc1cc(F)c(C(O)c2ccc(C)cc2F)cc1OC. The second kappa shape index (κ2) is 6.10. The molecule has 2 aromatic carbocycles.